The molecule has 0 aromatic heterocycles. The van der Waals surface area contributed by atoms with E-state index in [-0.39, 0.29) is 5.91 Å². The van der Waals surface area contributed by atoms with Gasteiger partial charge < -0.3 is 11.1 Å². The molecule has 0 saturated heterocycles. The highest BCUT2D eigenvalue weighted by Gasteiger charge is 2.15. The normalized spacial score (nSPS) is 11.7. The van der Waals surface area contributed by atoms with Crippen LogP contribution in [-0.4, -0.2) is 24.0 Å². The molecule has 1 aromatic rings. The zero-order valence-electron chi connectivity index (χ0n) is 10.6. The number of benzene rings is 1. The molecule has 0 bridgehead atoms. The summed E-state index contributed by atoms with van der Waals surface area (Å²) < 4.78 is 0. The van der Waals surface area contributed by atoms with E-state index in [4.69, 9.17) is 11.0 Å². The topological polar surface area (TPSA) is 78.9 Å². The number of nitrogens with zero attached hydrogens (tertiary/aromatic N) is 1. The Morgan fingerprint density at radius 2 is 2.33 bits per heavy atom. The summed E-state index contributed by atoms with van der Waals surface area (Å²) in [4.78, 5) is 11.8. The van der Waals surface area contributed by atoms with E-state index in [1.807, 2.05) is 19.2 Å². The van der Waals surface area contributed by atoms with Gasteiger partial charge in [0.05, 0.1) is 17.3 Å². The van der Waals surface area contributed by atoms with Crippen LogP contribution in [-0.2, 0) is 4.79 Å². The average Bonchev–Trinajstić information content (AvgIpc) is 2.36. The van der Waals surface area contributed by atoms with E-state index >= 15 is 0 Å². The molecular formula is C13H17N3OS. The van der Waals surface area contributed by atoms with E-state index in [9.17, 15) is 4.79 Å². The SMILES string of the molecule is CSCC[C@@H](N)C(=O)Nc1cccc(C)c1C#N. The summed E-state index contributed by atoms with van der Waals surface area (Å²) in [5.74, 6) is 0.596. The Morgan fingerprint density at radius 3 is 2.94 bits per heavy atom. The van der Waals surface area contributed by atoms with Crippen molar-refractivity contribution in [2.45, 2.75) is 19.4 Å². The second-order valence-electron chi connectivity index (χ2n) is 3.99. The molecule has 0 aliphatic rings. The molecule has 96 valence electrons. The molecule has 0 saturated carbocycles. The van der Waals surface area contributed by atoms with Crippen LogP contribution in [0.1, 0.15) is 17.5 Å². The van der Waals surface area contributed by atoms with Gasteiger partial charge in [-0.3, -0.25) is 4.79 Å². The standard InChI is InChI=1S/C13H17N3OS/c1-9-4-3-5-12(10(9)8-14)16-13(17)11(15)6-7-18-2/h3-5,11H,6-7,15H2,1-2H3,(H,16,17)/t11-/m1/s1. The van der Waals surface area contributed by atoms with Gasteiger partial charge in [-0.25, -0.2) is 0 Å². The largest absolute Gasteiger partial charge is 0.324 e. The average molecular weight is 263 g/mol. The molecule has 0 aliphatic carbocycles. The Balaban J connectivity index is 2.76. The molecule has 5 heteroatoms. The quantitative estimate of drug-likeness (QED) is 0.850. The first-order valence-corrected chi connectivity index (χ1v) is 7.04. The number of anilines is 1. The Hall–Kier alpha value is -1.51. The van der Waals surface area contributed by atoms with Crippen molar-refractivity contribution in [3.05, 3.63) is 29.3 Å². The Labute approximate surface area is 112 Å². The number of aryl methyl sites for hydroxylation is 1. The first-order chi connectivity index (χ1) is 8.60. The van der Waals surface area contributed by atoms with Crippen LogP contribution in [0.3, 0.4) is 0 Å². The van der Waals surface area contributed by atoms with E-state index in [0.29, 0.717) is 17.7 Å². The first kappa shape index (κ1) is 14.6. The number of hydrogen-bond acceptors (Lipinski definition) is 4. The summed E-state index contributed by atoms with van der Waals surface area (Å²) in [6.45, 7) is 1.84. The molecule has 0 heterocycles. The maximum Gasteiger partial charge on any atom is 0.241 e. The number of carbonyl (C=O) groups excluding carboxylic acids is 1. The predicted molar refractivity (Wildman–Crippen MR) is 75.5 cm³/mol. The lowest BCUT2D eigenvalue weighted by molar-refractivity contribution is -0.117. The third-order valence-corrected chi connectivity index (χ3v) is 3.26. The number of nitrogens with one attached hydrogen (secondary N) is 1. The van der Waals surface area contributed by atoms with E-state index in [0.717, 1.165) is 11.3 Å². The van der Waals surface area contributed by atoms with Crippen LogP contribution < -0.4 is 11.1 Å². The van der Waals surface area contributed by atoms with Crippen molar-refractivity contribution in [2.75, 3.05) is 17.3 Å². The maximum atomic E-state index is 11.8. The highest BCUT2D eigenvalue weighted by molar-refractivity contribution is 7.98. The summed E-state index contributed by atoms with van der Waals surface area (Å²) in [5, 5.41) is 11.8. The molecular weight excluding hydrogens is 246 g/mol. The molecule has 4 nitrogen and oxygen atoms in total. The van der Waals surface area contributed by atoms with Gasteiger partial charge in [0.2, 0.25) is 5.91 Å². The molecule has 0 unspecified atom stereocenters. The highest BCUT2D eigenvalue weighted by Crippen LogP contribution is 2.18. The highest BCUT2D eigenvalue weighted by atomic mass is 32.2. The minimum atomic E-state index is -0.537. The molecule has 0 fully saturated rings. The van der Waals surface area contributed by atoms with Crippen LogP contribution in [0.4, 0.5) is 5.69 Å². The molecule has 1 amide bonds. The smallest absolute Gasteiger partial charge is 0.241 e. The number of thioether (sulfide) groups is 1. The van der Waals surface area contributed by atoms with Gasteiger partial charge in [0.15, 0.2) is 0 Å². The first-order valence-electron chi connectivity index (χ1n) is 5.65. The monoisotopic (exact) mass is 263 g/mol. The van der Waals surface area contributed by atoms with Gasteiger partial charge in [0.1, 0.15) is 6.07 Å². The zero-order chi connectivity index (χ0) is 13.5. The molecule has 0 aliphatic heterocycles. The van der Waals surface area contributed by atoms with Crippen LogP contribution in [0.2, 0.25) is 0 Å². The van der Waals surface area contributed by atoms with E-state index in [1.54, 1.807) is 23.9 Å². The van der Waals surface area contributed by atoms with E-state index in [2.05, 4.69) is 11.4 Å². The van der Waals surface area contributed by atoms with Crippen molar-refractivity contribution in [2.24, 2.45) is 5.73 Å². The predicted octanol–water partition coefficient (Wildman–Crippen LogP) is 1.89. The van der Waals surface area contributed by atoms with Crippen LogP contribution in [0.15, 0.2) is 18.2 Å². The van der Waals surface area contributed by atoms with Gasteiger partial charge in [-0.05, 0) is 37.0 Å². The van der Waals surface area contributed by atoms with E-state index in [1.165, 1.54) is 0 Å². The van der Waals surface area contributed by atoms with Gasteiger partial charge >= 0.3 is 0 Å². The molecule has 0 spiro atoms. The van der Waals surface area contributed by atoms with Crippen LogP contribution in [0.5, 0.6) is 0 Å². The van der Waals surface area contributed by atoms with Crippen molar-refractivity contribution in [1.29, 1.82) is 5.26 Å². The van der Waals surface area contributed by atoms with Gasteiger partial charge in [0.25, 0.3) is 0 Å². The Bertz CT molecular complexity index is 468. The number of carbonyl (C=O) groups is 1. The van der Waals surface area contributed by atoms with Crippen molar-refractivity contribution >= 4 is 23.4 Å². The van der Waals surface area contributed by atoms with Crippen LogP contribution in [0.25, 0.3) is 0 Å². The number of nitriles is 1. The molecule has 1 rings (SSSR count). The van der Waals surface area contributed by atoms with Gasteiger partial charge in [-0.15, -0.1) is 0 Å². The van der Waals surface area contributed by atoms with Crippen molar-refractivity contribution in [3.8, 4) is 6.07 Å². The number of amides is 1. The minimum Gasteiger partial charge on any atom is -0.324 e. The molecule has 1 aromatic carbocycles. The van der Waals surface area contributed by atoms with Crippen molar-refractivity contribution < 1.29 is 4.79 Å². The minimum absolute atomic E-state index is 0.244. The van der Waals surface area contributed by atoms with Gasteiger partial charge in [0, 0.05) is 0 Å². The third kappa shape index (κ3) is 3.76. The zero-order valence-corrected chi connectivity index (χ0v) is 11.4. The van der Waals surface area contributed by atoms with Gasteiger partial charge in [-0.1, -0.05) is 12.1 Å². The summed E-state index contributed by atoms with van der Waals surface area (Å²) in [6.07, 6.45) is 2.60. The van der Waals surface area contributed by atoms with Crippen LogP contribution in [0, 0.1) is 18.3 Å². The summed E-state index contributed by atoms with van der Waals surface area (Å²) in [6, 6.07) is 6.91. The number of nitrogens with two attached hydrogens (primary N) is 1. The second kappa shape index (κ2) is 7.04. The van der Waals surface area contributed by atoms with E-state index < -0.39 is 6.04 Å². The molecule has 0 radical (unpaired) electrons. The third-order valence-electron chi connectivity index (χ3n) is 2.61. The molecule has 18 heavy (non-hydrogen) atoms. The number of rotatable bonds is 5. The fraction of sp³-hybridized carbons (Fsp3) is 0.385. The summed E-state index contributed by atoms with van der Waals surface area (Å²) in [7, 11) is 0. The maximum absolute atomic E-state index is 11.8. The Kier molecular flexibility index (Phi) is 5.69. The fourth-order valence-electron chi connectivity index (χ4n) is 1.52. The summed E-state index contributed by atoms with van der Waals surface area (Å²) in [5.41, 5.74) is 7.63. The lowest BCUT2D eigenvalue weighted by Gasteiger charge is -2.13. The van der Waals surface area contributed by atoms with Crippen molar-refractivity contribution in [3.63, 3.8) is 0 Å². The molecule has 3 N–H and O–H groups in total. The molecule has 1 atom stereocenters. The Morgan fingerprint density at radius 1 is 1.61 bits per heavy atom. The number of hydrogen-bond donors (Lipinski definition) is 2. The second-order valence-corrected chi connectivity index (χ2v) is 4.97. The van der Waals surface area contributed by atoms with Crippen molar-refractivity contribution in [1.82, 2.24) is 0 Å². The lowest BCUT2D eigenvalue weighted by Crippen LogP contribution is -2.36. The van der Waals surface area contributed by atoms with Gasteiger partial charge in [-0.2, -0.15) is 17.0 Å². The lowest BCUT2D eigenvalue weighted by atomic mass is 10.1. The summed E-state index contributed by atoms with van der Waals surface area (Å²) >= 11 is 1.65. The fourth-order valence-corrected chi connectivity index (χ4v) is 2.01. The van der Waals surface area contributed by atoms with Crippen LogP contribution >= 0.6 is 11.8 Å².